The minimum atomic E-state index is -1.59. The molecule has 1 aliphatic heterocycles. The van der Waals surface area contributed by atoms with Gasteiger partial charge in [-0.05, 0) is 32.1 Å². The molecule has 324 valence electrons. The SMILES string of the molecule is CCCC/C=C\CCCCCCCC(=O)OC(COC(=O)CCCCCCCCCCCCCCCCCCCCC)COC1OC(CO)C(O)C(O)C1O. The molecule has 0 aromatic carbocycles. The Hall–Kier alpha value is -1.56. The van der Waals surface area contributed by atoms with E-state index in [9.17, 15) is 30.0 Å². The van der Waals surface area contributed by atoms with Gasteiger partial charge < -0.3 is 39.4 Å². The molecule has 0 amide bonds. The van der Waals surface area contributed by atoms with Gasteiger partial charge in [-0.25, -0.2) is 0 Å². The van der Waals surface area contributed by atoms with Gasteiger partial charge in [0.2, 0.25) is 0 Å². The standard InChI is InChI=1S/C45H84O10/c1-3-5-7-9-11-13-15-16-17-18-19-20-21-22-24-25-27-29-31-33-40(47)52-36-38(37-53-45-44(51)43(50)42(49)39(35-46)55-45)54-41(48)34-32-30-28-26-23-14-12-10-8-6-4-2/h10,12,38-39,42-46,49-51H,3-9,11,13-37H2,1-2H3/b12-10-. The number of allylic oxidation sites excluding steroid dienone is 2. The summed E-state index contributed by atoms with van der Waals surface area (Å²) in [6.07, 6.45) is 30.8. The molecule has 0 bridgehead atoms. The molecule has 1 heterocycles. The van der Waals surface area contributed by atoms with E-state index in [0.717, 1.165) is 57.8 Å². The fourth-order valence-corrected chi connectivity index (χ4v) is 6.99. The van der Waals surface area contributed by atoms with E-state index in [4.69, 9.17) is 18.9 Å². The largest absolute Gasteiger partial charge is 0.462 e. The Morgan fingerprint density at radius 3 is 1.47 bits per heavy atom. The van der Waals surface area contributed by atoms with Crippen molar-refractivity contribution in [3.63, 3.8) is 0 Å². The molecule has 1 saturated heterocycles. The minimum absolute atomic E-state index is 0.215. The lowest BCUT2D eigenvalue weighted by molar-refractivity contribution is -0.305. The van der Waals surface area contributed by atoms with Crippen LogP contribution in [0, 0.1) is 0 Å². The number of carbonyl (C=O) groups is 2. The first kappa shape index (κ1) is 51.5. The van der Waals surface area contributed by atoms with Crippen LogP contribution in [0.2, 0.25) is 0 Å². The van der Waals surface area contributed by atoms with E-state index in [1.807, 2.05) is 0 Å². The molecular weight excluding hydrogens is 700 g/mol. The maximum Gasteiger partial charge on any atom is 0.306 e. The van der Waals surface area contributed by atoms with Gasteiger partial charge >= 0.3 is 11.9 Å². The number of esters is 2. The Morgan fingerprint density at radius 2 is 0.982 bits per heavy atom. The van der Waals surface area contributed by atoms with Crippen LogP contribution in [0.5, 0.6) is 0 Å². The van der Waals surface area contributed by atoms with Crippen LogP contribution in [0.3, 0.4) is 0 Å². The molecule has 55 heavy (non-hydrogen) atoms. The van der Waals surface area contributed by atoms with Gasteiger partial charge in [0.05, 0.1) is 13.2 Å². The van der Waals surface area contributed by atoms with Gasteiger partial charge in [-0.2, -0.15) is 0 Å². The number of carbonyl (C=O) groups excluding carboxylic acids is 2. The predicted molar refractivity (Wildman–Crippen MR) is 220 cm³/mol. The number of rotatable bonds is 38. The van der Waals surface area contributed by atoms with Crippen LogP contribution in [-0.2, 0) is 28.5 Å². The molecular formula is C45H84O10. The summed E-state index contributed by atoms with van der Waals surface area (Å²) < 4.78 is 22.1. The second-order valence-electron chi connectivity index (χ2n) is 15.9. The molecule has 1 fully saturated rings. The van der Waals surface area contributed by atoms with Gasteiger partial charge in [0.1, 0.15) is 31.0 Å². The summed E-state index contributed by atoms with van der Waals surface area (Å²) in [5.41, 5.74) is 0. The van der Waals surface area contributed by atoms with Crippen LogP contribution < -0.4 is 0 Å². The molecule has 0 aromatic heterocycles. The highest BCUT2D eigenvalue weighted by molar-refractivity contribution is 5.70. The third-order valence-corrected chi connectivity index (χ3v) is 10.7. The Bertz CT molecular complexity index is 912. The minimum Gasteiger partial charge on any atom is -0.462 e. The van der Waals surface area contributed by atoms with Crippen molar-refractivity contribution in [3.05, 3.63) is 12.2 Å². The molecule has 6 atom stereocenters. The van der Waals surface area contributed by atoms with Gasteiger partial charge in [-0.1, -0.05) is 174 Å². The van der Waals surface area contributed by atoms with Gasteiger partial charge in [0.25, 0.3) is 0 Å². The fourth-order valence-electron chi connectivity index (χ4n) is 6.99. The highest BCUT2D eigenvalue weighted by Crippen LogP contribution is 2.23. The van der Waals surface area contributed by atoms with Crippen LogP contribution in [0.4, 0.5) is 0 Å². The number of aliphatic hydroxyl groups is 4. The Kier molecular flexibility index (Phi) is 34.4. The van der Waals surface area contributed by atoms with E-state index in [1.54, 1.807) is 0 Å². The number of hydrogen-bond donors (Lipinski definition) is 4. The van der Waals surface area contributed by atoms with Crippen molar-refractivity contribution in [1.29, 1.82) is 0 Å². The molecule has 0 spiro atoms. The first-order valence-corrected chi connectivity index (χ1v) is 22.8. The summed E-state index contributed by atoms with van der Waals surface area (Å²) in [5.74, 6) is -0.808. The molecule has 0 radical (unpaired) electrons. The molecule has 1 rings (SSSR count). The Labute approximate surface area is 335 Å². The summed E-state index contributed by atoms with van der Waals surface area (Å²) in [6.45, 7) is 3.39. The van der Waals surface area contributed by atoms with Crippen LogP contribution >= 0.6 is 0 Å². The fraction of sp³-hybridized carbons (Fsp3) is 0.911. The van der Waals surface area contributed by atoms with Crippen molar-refractivity contribution in [3.8, 4) is 0 Å². The zero-order chi connectivity index (χ0) is 40.2. The molecule has 0 saturated carbocycles. The zero-order valence-corrected chi connectivity index (χ0v) is 35.2. The van der Waals surface area contributed by atoms with Crippen LogP contribution in [0.1, 0.15) is 206 Å². The molecule has 0 aromatic rings. The second kappa shape index (κ2) is 36.8. The average molecular weight is 785 g/mol. The summed E-state index contributed by atoms with van der Waals surface area (Å²) >= 11 is 0. The Morgan fingerprint density at radius 1 is 0.545 bits per heavy atom. The van der Waals surface area contributed by atoms with E-state index >= 15 is 0 Å². The van der Waals surface area contributed by atoms with E-state index < -0.39 is 49.4 Å². The van der Waals surface area contributed by atoms with Crippen LogP contribution in [0.25, 0.3) is 0 Å². The molecule has 1 aliphatic rings. The average Bonchev–Trinajstić information content (AvgIpc) is 3.18. The molecule has 0 aliphatic carbocycles. The van der Waals surface area contributed by atoms with Crippen molar-refractivity contribution in [2.75, 3.05) is 19.8 Å². The summed E-state index contributed by atoms with van der Waals surface area (Å²) in [6, 6.07) is 0. The lowest BCUT2D eigenvalue weighted by Gasteiger charge is -2.39. The van der Waals surface area contributed by atoms with Crippen molar-refractivity contribution in [2.45, 2.75) is 243 Å². The highest BCUT2D eigenvalue weighted by Gasteiger charge is 2.44. The summed E-state index contributed by atoms with van der Waals surface area (Å²) in [5, 5.41) is 40.0. The quantitative estimate of drug-likeness (QED) is 0.0271. The second-order valence-corrected chi connectivity index (χ2v) is 15.9. The first-order chi connectivity index (χ1) is 26.8. The predicted octanol–water partition coefficient (Wildman–Crippen LogP) is 9.56. The van der Waals surface area contributed by atoms with Gasteiger partial charge in [0.15, 0.2) is 12.4 Å². The first-order valence-electron chi connectivity index (χ1n) is 22.8. The van der Waals surface area contributed by atoms with E-state index in [0.29, 0.717) is 6.42 Å². The maximum atomic E-state index is 12.7. The highest BCUT2D eigenvalue weighted by atomic mass is 16.7. The van der Waals surface area contributed by atoms with E-state index in [1.165, 1.54) is 116 Å². The third-order valence-electron chi connectivity index (χ3n) is 10.7. The molecule has 6 unspecified atom stereocenters. The van der Waals surface area contributed by atoms with Crippen molar-refractivity contribution in [2.24, 2.45) is 0 Å². The number of unbranched alkanes of at least 4 members (excludes halogenated alkanes) is 25. The number of hydrogen-bond acceptors (Lipinski definition) is 10. The van der Waals surface area contributed by atoms with Crippen molar-refractivity contribution >= 4 is 11.9 Å². The summed E-state index contributed by atoms with van der Waals surface area (Å²) in [7, 11) is 0. The van der Waals surface area contributed by atoms with E-state index in [2.05, 4.69) is 26.0 Å². The number of aliphatic hydroxyl groups excluding tert-OH is 4. The topological polar surface area (TPSA) is 152 Å². The lowest BCUT2D eigenvalue weighted by atomic mass is 9.99. The van der Waals surface area contributed by atoms with Gasteiger partial charge in [-0.3, -0.25) is 9.59 Å². The van der Waals surface area contributed by atoms with Crippen LogP contribution in [-0.4, -0.2) is 89.0 Å². The zero-order valence-electron chi connectivity index (χ0n) is 35.2. The normalized spacial score (nSPS) is 20.6. The third kappa shape index (κ3) is 28.5. The Balaban J connectivity index is 2.27. The molecule has 10 heteroatoms. The molecule has 10 nitrogen and oxygen atoms in total. The van der Waals surface area contributed by atoms with Gasteiger partial charge in [-0.15, -0.1) is 0 Å². The maximum absolute atomic E-state index is 12.7. The number of ether oxygens (including phenoxy) is 4. The lowest BCUT2D eigenvalue weighted by Crippen LogP contribution is -2.59. The summed E-state index contributed by atoms with van der Waals surface area (Å²) in [4.78, 5) is 25.3. The van der Waals surface area contributed by atoms with Crippen molar-refractivity contribution in [1.82, 2.24) is 0 Å². The smallest absolute Gasteiger partial charge is 0.306 e. The van der Waals surface area contributed by atoms with Crippen molar-refractivity contribution < 1.29 is 49.0 Å². The van der Waals surface area contributed by atoms with Crippen LogP contribution in [0.15, 0.2) is 12.2 Å². The van der Waals surface area contributed by atoms with Gasteiger partial charge in [0, 0.05) is 12.8 Å². The van der Waals surface area contributed by atoms with E-state index in [-0.39, 0.29) is 32.0 Å². The molecule has 4 N–H and O–H groups in total. The monoisotopic (exact) mass is 785 g/mol.